The number of fused-ring (bicyclic) bond motifs is 1. The third kappa shape index (κ3) is 2.27. The molecule has 1 aromatic heterocycles. The molecule has 2 aromatic rings. The molecule has 2 rings (SSSR count). The second-order valence-electron chi connectivity index (χ2n) is 4.10. The first-order valence-electron chi connectivity index (χ1n) is 5.93. The van der Waals surface area contributed by atoms with Gasteiger partial charge in [-0.05, 0) is 13.0 Å². The normalized spacial score (nSPS) is 12.3. The number of nitrogens with one attached hydrogen (secondary N) is 1. The van der Waals surface area contributed by atoms with Gasteiger partial charge in [0.25, 0.3) is 0 Å². The highest BCUT2D eigenvalue weighted by Crippen LogP contribution is 2.19. The number of para-hydroxylation sites is 1. The van der Waals surface area contributed by atoms with E-state index in [0.29, 0.717) is 5.56 Å². The summed E-state index contributed by atoms with van der Waals surface area (Å²) >= 11 is 0. The minimum absolute atomic E-state index is 0.186. The van der Waals surface area contributed by atoms with Gasteiger partial charge < -0.3 is 9.72 Å². The number of ether oxygens (including phenoxy) is 1. The van der Waals surface area contributed by atoms with Crippen molar-refractivity contribution < 1.29 is 14.3 Å². The van der Waals surface area contributed by atoms with E-state index in [9.17, 15) is 9.59 Å². The molecule has 0 saturated carbocycles. The third-order valence-electron chi connectivity index (χ3n) is 2.82. The number of hydrogen-bond acceptors (Lipinski definition) is 3. The van der Waals surface area contributed by atoms with Gasteiger partial charge >= 0.3 is 5.97 Å². The van der Waals surface area contributed by atoms with Gasteiger partial charge in [0.15, 0.2) is 6.10 Å². The molecule has 1 atom stereocenters. The molecule has 4 nitrogen and oxygen atoms in total. The standard InChI is InChI=1S/C14H15NO3/c1-3-13(16)18-9(2)14(17)11-8-15-12-7-5-4-6-10(11)12/h4-9,15H,3H2,1-2H3/t9-/m0/s1. The summed E-state index contributed by atoms with van der Waals surface area (Å²) in [7, 11) is 0. The zero-order valence-electron chi connectivity index (χ0n) is 10.4. The molecule has 0 aliphatic carbocycles. The molecule has 1 N–H and O–H groups in total. The summed E-state index contributed by atoms with van der Waals surface area (Å²) in [5.74, 6) is -0.551. The maximum atomic E-state index is 12.2. The largest absolute Gasteiger partial charge is 0.454 e. The number of carbonyl (C=O) groups is 2. The van der Waals surface area contributed by atoms with Crippen molar-refractivity contribution >= 4 is 22.7 Å². The molecular formula is C14H15NO3. The molecule has 4 heteroatoms. The lowest BCUT2D eigenvalue weighted by Gasteiger charge is -2.10. The lowest BCUT2D eigenvalue weighted by molar-refractivity contribution is -0.145. The summed E-state index contributed by atoms with van der Waals surface area (Å²) < 4.78 is 5.03. The van der Waals surface area contributed by atoms with Gasteiger partial charge in [-0.1, -0.05) is 25.1 Å². The summed E-state index contributed by atoms with van der Waals surface area (Å²) in [5, 5.41) is 0.849. The number of aromatic amines is 1. The van der Waals surface area contributed by atoms with Crippen LogP contribution in [0.2, 0.25) is 0 Å². The van der Waals surface area contributed by atoms with Crippen LogP contribution in [0.4, 0.5) is 0 Å². The second kappa shape index (κ2) is 5.04. The van der Waals surface area contributed by atoms with Gasteiger partial charge in [-0.15, -0.1) is 0 Å². The smallest absolute Gasteiger partial charge is 0.306 e. The Morgan fingerprint density at radius 3 is 2.78 bits per heavy atom. The van der Waals surface area contributed by atoms with Crippen LogP contribution in [0, 0.1) is 0 Å². The zero-order chi connectivity index (χ0) is 13.1. The van der Waals surface area contributed by atoms with Crippen LogP contribution in [0.3, 0.4) is 0 Å². The van der Waals surface area contributed by atoms with E-state index in [4.69, 9.17) is 4.74 Å². The minimum atomic E-state index is -0.753. The van der Waals surface area contributed by atoms with Crippen LogP contribution in [0.15, 0.2) is 30.5 Å². The average Bonchev–Trinajstić information content (AvgIpc) is 2.81. The van der Waals surface area contributed by atoms with E-state index in [2.05, 4.69) is 4.98 Å². The van der Waals surface area contributed by atoms with Gasteiger partial charge in [0.1, 0.15) is 0 Å². The maximum Gasteiger partial charge on any atom is 0.306 e. The maximum absolute atomic E-state index is 12.2. The molecule has 0 aliphatic heterocycles. The number of carbonyl (C=O) groups excluding carboxylic acids is 2. The molecule has 1 aromatic carbocycles. The first-order valence-corrected chi connectivity index (χ1v) is 5.93. The van der Waals surface area contributed by atoms with E-state index in [0.717, 1.165) is 10.9 Å². The molecule has 0 unspecified atom stereocenters. The Balaban J connectivity index is 2.25. The molecule has 0 radical (unpaired) electrons. The SMILES string of the molecule is CCC(=O)O[C@@H](C)C(=O)c1c[nH]c2ccccc12. The number of ketones is 1. The number of H-pyrrole nitrogens is 1. The van der Waals surface area contributed by atoms with Gasteiger partial charge in [0.05, 0.1) is 0 Å². The molecule has 0 saturated heterocycles. The molecule has 0 bridgehead atoms. The lowest BCUT2D eigenvalue weighted by atomic mass is 10.1. The Morgan fingerprint density at radius 1 is 1.33 bits per heavy atom. The Kier molecular flexibility index (Phi) is 3.46. The average molecular weight is 245 g/mol. The molecule has 0 spiro atoms. The van der Waals surface area contributed by atoms with Crippen molar-refractivity contribution in [1.82, 2.24) is 4.98 Å². The fourth-order valence-electron chi connectivity index (χ4n) is 1.83. The van der Waals surface area contributed by atoms with E-state index in [1.807, 2.05) is 24.3 Å². The summed E-state index contributed by atoms with van der Waals surface area (Å²) in [4.78, 5) is 26.4. The van der Waals surface area contributed by atoms with Crippen molar-refractivity contribution in [2.24, 2.45) is 0 Å². The van der Waals surface area contributed by atoms with Crippen molar-refractivity contribution in [3.05, 3.63) is 36.0 Å². The number of rotatable bonds is 4. The summed E-state index contributed by atoms with van der Waals surface area (Å²) in [6.07, 6.45) is 1.17. The number of benzene rings is 1. The Morgan fingerprint density at radius 2 is 2.06 bits per heavy atom. The minimum Gasteiger partial charge on any atom is -0.454 e. The number of esters is 1. The van der Waals surface area contributed by atoms with Crippen molar-refractivity contribution in [3.63, 3.8) is 0 Å². The number of aromatic nitrogens is 1. The van der Waals surface area contributed by atoms with Gasteiger partial charge in [-0.3, -0.25) is 9.59 Å². The van der Waals surface area contributed by atoms with Crippen LogP contribution in [-0.2, 0) is 9.53 Å². The van der Waals surface area contributed by atoms with Crippen LogP contribution in [0.1, 0.15) is 30.6 Å². The van der Waals surface area contributed by atoms with Crippen molar-refractivity contribution in [2.45, 2.75) is 26.4 Å². The van der Waals surface area contributed by atoms with Crippen molar-refractivity contribution in [1.29, 1.82) is 0 Å². The zero-order valence-corrected chi connectivity index (χ0v) is 10.4. The van der Waals surface area contributed by atoms with Gasteiger partial charge in [-0.25, -0.2) is 0 Å². The van der Waals surface area contributed by atoms with Crippen LogP contribution in [0.5, 0.6) is 0 Å². The van der Waals surface area contributed by atoms with Crippen molar-refractivity contribution in [3.8, 4) is 0 Å². The van der Waals surface area contributed by atoms with E-state index in [-0.39, 0.29) is 18.2 Å². The lowest BCUT2D eigenvalue weighted by Crippen LogP contribution is -2.23. The summed E-state index contributed by atoms with van der Waals surface area (Å²) in [6, 6.07) is 7.53. The molecule has 0 aliphatic rings. The summed E-state index contributed by atoms with van der Waals surface area (Å²) in [6.45, 7) is 3.29. The number of Topliss-reactive ketones (excluding diaryl/α,β-unsaturated/α-hetero) is 1. The van der Waals surface area contributed by atoms with Crippen LogP contribution in [0.25, 0.3) is 10.9 Å². The van der Waals surface area contributed by atoms with Gasteiger partial charge in [0, 0.05) is 29.1 Å². The monoisotopic (exact) mass is 245 g/mol. The number of hydrogen-bond donors (Lipinski definition) is 1. The highest BCUT2D eigenvalue weighted by atomic mass is 16.5. The van der Waals surface area contributed by atoms with Crippen molar-refractivity contribution in [2.75, 3.05) is 0 Å². The predicted octanol–water partition coefficient (Wildman–Crippen LogP) is 2.69. The van der Waals surface area contributed by atoms with Gasteiger partial charge in [-0.2, -0.15) is 0 Å². The quantitative estimate of drug-likeness (QED) is 0.665. The topological polar surface area (TPSA) is 59.2 Å². The van der Waals surface area contributed by atoms with E-state index in [1.165, 1.54) is 0 Å². The molecule has 94 valence electrons. The summed E-state index contributed by atoms with van der Waals surface area (Å²) in [5.41, 5.74) is 1.46. The fraction of sp³-hybridized carbons (Fsp3) is 0.286. The van der Waals surface area contributed by atoms with Gasteiger partial charge in [0.2, 0.25) is 5.78 Å². The molecule has 1 heterocycles. The Hall–Kier alpha value is -2.10. The Labute approximate surface area is 105 Å². The fourth-order valence-corrected chi connectivity index (χ4v) is 1.83. The first kappa shape index (κ1) is 12.4. The highest BCUT2D eigenvalue weighted by Gasteiger charge is 2.21. The Bertz CT molecular complexity index is 585. The predicted molar refractivity (Wildman–Crippen MR) is 68.5 cm³/mol. The third-order valence-corrected chi connectivity index (χ3v) is 2.82. The first-order chi connectivity index (χ1) is 8.63. The molecule has 18 heavy (non-hydrogen) atoms. The van der Waals surface area contributed by atoms with E-state index >= 15 is 0 Å². The van der Waals surface area contributed by atoms with Crippen LogP contribution in [-0.4, -0.2) is 22.8 Å². The highest BCUT2D eigenvalue weighted by molar-refractivity contribution is 6.10. The van der Waals surface area contributed by atoms with E-state index in [1.54, 1.807) is 20.0 Å². The molecular weight excluding hydrogens is 230 g/mol. The van der Waals surface area contributed by atoms with E-state index < -0.39 is 6.10 Å². The van der Waals surface area contributed by atoms with Crippen LogP contribution >= 0.6 is 0 Å². The molecule has 0 fully saturated rings. The molecule has 0 amide bonds. The van der Waals surface area contributed by atoms with Crippen LogP contribution < -0.4 is 0 Å². The second-order valence-corrected chi connectivity index (χ2v) is 4.10.